The van der Waals surface area contributed by atoms with E-state index >= 15 is 0 Å². The summed E-state index contributed by atoms with van der Waals surface area (Å²) in [4.78, 5) is 11.3. The van der Waals surface area contributed by atoms with Crippen molar-refractivity contribution in [2.45, 2.75) is 26.5 Å². The molecule has 5 heteroatoms. The Hall–Kier alpha value is -1.26. The van der Waals surface area contributed by atoms with E-state index in [2.05, 4.69) is 10.6 Å². The molecular formula is C13H19ClN2O2. The Balaban J connectivity index is 2.58. The lowest BCUT2D eigenvalue weighted by atomic mass is 10.2. The molecule has 18 heavy (non-hydrogen) atoms. The van der Waals surface area contributed by atoms with E-state index in [1.54, 1.807) is 13.1 Å². The van der Waals surface area contributed by atoms with Gasteiger partial charge in [0.25, 0.3) is 0 Å². The summed E-state index contributed by atoms with van der Waals surface area (Å²) in [7, 11) is 1.73. The molecule has 0 saturated heterocycles. The zero-order chi connectivity index (χ0) is 13.5. The van der Waals surface area contributed by atoms with Crippen molar-refractivity contribution in [1.29, 1.82) is 0 Å². The highest BCUT2D eigenvalue weighted by Gasteiger charge is 2.06. The fourth-order valence-corrected chi connectivity index (χ4v) is 1.68. The van der Waals surface area contributed by atoms with Crippen molar-refractivity contribution in [2.75, 3.05) is 13.6 Å². The number of likely N-dealkylation sites (N-methyl/N-ethyl adjacent to an activating group) is 1. The minimum absolute atomic E-state index is 0.0453. The molecule has 4 nitrogen and oxygen atoms in total. The van der Waals surface area contributed by atoms with Crippen LogP contribution in [0.4, 0.5) is 0 Å². The Labute approximate surface area is 113 Å². The van der Waals surface area contributed by atoms with Crippen LogP contribution in [-0.2, 0) is 11.3 Å². The zero-order valence-electron chi connectivity index (χ0n) is 10.9. The summed E-state index contributed by atoms with van der Waals surface area (Å²) in [6, 6.07) is 5.52. The third kappa shape index (κ3) is 4.94. The van der Waals surface area contributed by atoms with Crippen LogP contribution in [0.25, 0.3) is 0 Å². The molecule has 100 valence electrons. The van der Waals surface area contributed by atoms with Crippen LogP contribution >= 0.6 is 11.6 Å². The lowest BCUT2D eigenvalue weighted by Crippen LogP contribution is -2.31. The van der Waals surface area contributed by atoms with Gasteiger partial charge in [0.2, 0.25) is 5.91 Å². The van der Waals surface area contributed by atoms with Crippen molar-refractivity contribution in [3.63, 3.8) is 0 Å². The number of ether oxygens (including phenoxy) is 1. The number of halogens is 1. The predicted molar refractivity (Wildman–Crippen MR) is 73.0 cm³/mol. The molecule has 0 aliphatic rings. The van der Waals surface area contributed by atoms with Crippen molar-refractivity contribution in [2.24, 2.45) is 0 Å². The van der Waals surface area contributed by atoms with Crippen molar-refractivity contribution < 1.29 is 9.53 Å². The molecule has 1 rings (SSSR count). The fourth-order valence-electron chi connectivity index (χ4n) is 1.43. The van der Waals surface area contributed by atoms with Crippen LogP contribution in [0.2, 0.25) is 5.02 Å². The number of hydrogen-bond acceptors (Lipinski definition) is 3. The Morgan fingerprint density at radius 1 is 1.44 bits per heavy atom. The van der Waals surface area contributed by atoms with Gasteiger partial charge in [-0.1, -0.05) is 17.7 Å². The van der Waals surface area contributed by atoms with E-state index in [-0.39, 0.29) is 12.0 Å². The first-order chi connectivity index (χ1) is 8.52. The van der Waals surface area contributed by atoms with Crippen LogP contribution in [0.1, 0.15) is 19.4 Å². The summed E-state index contributed by atoms with van der Waals surface area (Å²) in [5.41, 5.74) is 0.945. The zero-order valence-corrected chi connectivity index (χ0v) is 11.7. The predicted octanol–water partition coefficient (Wildman–Crippen LogP) is 1.96. The number of nitrogens with one attached hydrogen (secondary N) is 2. The van der Waals surface area contributed by atoms with E-state index in [1.807, 2.05) is 26.0 Å². The molecule has 0 bridgehead atoms. The summed E-state index contributed by atoms with van der Waals surface area (Å²) < 4.78 is 5.53. The second-order valence-corrected chi connectivity index (χ2v) is 4.65. The first kappa shape index (κ1) is 14.8. The SMILES string of the molecule is CNCC(=O)NCc1ccc(OC(C)C)c(Cl)c1. The summed E-state index contributed by atoms with van der Waals surface area (Å²) >= 11 is 6.10. The van der Waals surface area contributed by atoms with Gasteiger partial charge < -0.3 is 15.4 Å². The Bertz CT molecular complexity index is 408. The standard InChI is InChI=1S/C13H19ClN2O2/c1-9(2)18-12-5-4-10(6-11(12)14)7-16-13(17)8-15-3/h4-6,9,15H,7-8H2,1-3H3,(H,16,17). The molecule has 0 saturated carbocycles. The highest BCUT2D eigenvalue weighted by Crippen LogP contribution is 2.26. The second-order valence-electron chi connectivity index (χ2n) is 4.24. The van der Waals surface area contributed by atoms with Gasteiger partial charge in [0.15, 0.2) is 0 Å². The lowest BCUT2D eigenvalue weighted by Gasteiger charge is -2.12. The van der Waals surface area contributed by atoms with Crippen molar-refractivity contribution in [3.05, 3.63) is 28.8 Å². The van der Waals surface area contributed by atoms with Gasteiger partial charge in [-0.3, -0.25) is 4.79 Å². The molecule has 1 aromatic rings. The minimum Gasteiger partial charge on any atom is -0.489 e. The van der Waals surface area contributed by atoms with Crippen molar-refractivity contribution in [3.8, 4) is 5.75 Å². The maximum Gasteiger partial charge on any atom is 0.234 e. The van der Waals surface area contributed by atoms with E-state index < -0.39 is 0 Å². The number of amides is 1. The van der Waals surface area contributed by atoms with Gasteiger partial charge in [-0.05, 0) is 38.6 Å². The molecule has 0 aliphatic heterocycles. The van der Waals surface area contributed by atoms with E-state index in [1.165, 1.54) is 0 Å². The average Bonchev–Trinajstić information content (AvgIpc) is 2.29. The molecule has 0 fully saturated rings. The molecule has 1 amide bonds. The maximum absolute atomic E-state index is 11.3. The van der Waals surface area contributed by atoms with E-state index in [0.29, 0.717) is 23.9 Å². The quantitative estimate of drug-likeness (QED) is 0.831. The average molecular weight is 271 g/mol. The largest absolute Gasteiger partial charge is 0.489 e. The summed E-state index contributed by atoms with van der Waals surface area (Å²) in [5.74, 6) is 0.619. The van der Waals surface area contributed by atoms with Gasteiger partial charge in [-0.25, -0.2) is 0 Å². The highest BCUT2D eigenvalue weighted by molar-refractivity contribution is 6.32. The van der Waals surface area contributed by atoms with Gasteiger partial charge in [-0.15, -0.1) is 0 Å². The van der Waals surface area contributed by atoms with Crippen molar-refractivity contribution >= 4 is 17.5 Å². The monoisotopic (exact) mass is 270 g/mol. The Kier molecular flexibility index (Phi) is 5.95. The maximum atomic E-state index is 11.3. The minimum atomic E-state index is -0.0453. The molecule has 0 radical (unpaired) electrons. The van der Waals surface area contributed by atoms with E-state index in [0.717, 1.165) is 5.56 Å². The highest BCUT2D eigenvalue weighted by atomic mass is 35.5. The van der Waals surface area contributed by atoms with Crippen LogP contribution in [0.15, 0.2) is 18.2 Å². The lowest BCUT2D eigenvalue weighted by molar-refractivity contribution is -0.120. The topological polar surface area (TPSA) is 50.4 Å². The van der Waals surface area contributed by atoms with Crippen LogP contribution in [-0.4, -0.2) is 25.6 Å². The van der Waals surface area contributed by atoms with Gasteiger partial charge in [0.1, 0.15) is 5.75 Å². The van der Waals surface area contributed by atoms with Crippen LogP contribution < -0.4 is 15.4 Å². The van der Waals surface area contributed by atoms with Gasteiger partial charge >= 0.3 is 0 Å². The van der Waals surface area contributed by atoms with Crippen LogP contribution in [0.3, 0.4) is 0 Å². The molecule has 0 aliphatic carbocycles. The van der Waals surface area contributed by atoms with Crippen LogP contribution in [0.5, 0.6) is 5.75 Å². The Morgan fingerprint density at radius 2 is 2.17 bits per heavy atom. The number of carbonyl (C=O) groups excluding carboxylic acids is 1. The third-order valence-electron chi connectivity index (χ3n) is 2.19. The molecule has 2 N–H and O–H groups in total. The normalized spacial score (nSPS) is 10.5. The molecule has 0 atom stereocenters. The Morgan fingerprint density at radius 3 is 2.72 bits per heavy atom. The molecule has 1 aromatic carbocycles. The molecule has 0 spiro atoms. The van der Waals surface area contributed by atoms with Gasteiger partial charge in [0, 0.05) is 6.54 Å². The van der Waals surface area contributed by atoms with Crippen molar-refractivity contribution in [1.82, 2.24) is 10.6 Å². The summed E-state index contributed by atoms with van der Waals surface area (Å²) in [5, 5.41) is 6.13. The number of carbonyl (C=O) groups is 1. The molecular weight excluding hydrogens is 252 g/mol. The third-order valence-corrected chi connectivity index (χ3v) is 2.48. The summed E-state index contributed by atoms with van der Waals surface area (Å²) in [6.07, 6.45) is 0.0867. The van der Waals surface area contributed by atoms with Gasteiger partial charge in [-0.2, -0.15) is 0 Å². The fraction of sp³-hybridized carbons (Fsp3) is 0.462. The molecule has 0 heterocycles. The first-order valence-corrected chi connectivity index (χ1v) is 6.27. The van der Waals surface area contributed by atoms with E-state index in [9.17, 15) is 4.79 Å². The van der Waals surface area contributed by atoms with E-state index in [4.69, 9.17) is 16.3 Å². The van der Waals surface area contributed by atoms with Crippen LogP contribution in [0, 0.1) is 0 Å². The number of benzene rings is 1. The number of hydrogen-bond donors (Lipinski definition) is 2. The number of rotatable bonds is 6. The second kappa shape index (κ2) is 7.24. The smallest absolute Gasteiger partial charge is 0.234 e. The molecule has 0 aromatic heterocycles. The first-order valence-electron chi connectivity index (χ1n) is 5.89. The van der Waals surface area contributed by atoms with Gasteiger partial charge in [0.05, 0.1) is 17.7 Å². The molecule has 0 unspecified atom stereocenters. The summed E-state index contributed by atoms with van der Waals surface area (Å²) in [6.45, 7) is 4.66.